The van der Waals surface area contributed by atoms with Crippen molar-refractivity contribution < 1.29 is 0 Å². The van der Waals surface area contributed by atoms with E-state index in [-0.39, 0.29) is 0 Å². The number of rotatable bonds is 4. The summed E-state index contributed by atoms with van der Waals surface area (Å²) in [5.74, 6) is 1.19. The molecule has 0 spiro atoms. The monoisotopic (exact) mass is 407 g/mol. The van der Waals surface area contributed by atoms with Crippen LogP contribution in [0.1, 0.15) is 41.8 Å². The average Bonchev–Trinajstić information content (AvgIpc) is 3.01. The van der Waals surface area contributed by atoms with Crippen molar-refractivity contribution in [1.29, 1.82) is 0 Å². The van der Waals surface area contributed by atoms with Crippen LogP contribution in [-0.2, 0) is 12.8 Å². The van der Waals surface area contributed by atoms with E-state index < -0.39 is 0 Å². The molecule has 156 valence electrons. The number of allylic oxidation sites excluding steroid dienone is 6. The summed E-state index contributed by atoms with van der Waals surface area (Å²) >= 11 is 0. The number of benzene rings is 1. The maximum Gasteiger partial charge on any atom is 0.110 e. The Balaban J connectivity index is 1.48. The van der Waals surface area contributed by atoms with E-state index in [0.717, 1.165) is 29.8 Å². The van der Waals surface area contributed by atoms with Gasteiger partial charge in [-0.3, -0.25) is 4.98 Å². The van der Waals surface area contributed by atoms with Gasteiger partial charge in [0.2, 0.25) is 0 Å². The molecule has 1 aromatic carbocycles. The predicted octanol–water partition coefficient (Wildman–Crippen LogP) is 6.66. The second-order valence-corrected chi connectivity index (χ2v) is 8.40. The smallest absolute Gasteiger partial charge is 0.110 e. The van der Waals surface area contributed by atoms with Gasteiger partial charge in [0.1, 0.15) is 5.82 Å². The molecule has 2 aliphatic rings. The number of anilines is 1. The average molecular weight is 408 g/mol. The molecule has 3 aromatic rings. The van der Waals surface area contributed by atoms with E-state index in [1.54, 1.807) is 0 Å². The summed E-state index contributed by atoms with van der Waals surface area (Å²) < 4.78 is 2.43. The summed E-state index contributed by atoms with van der Waals surface area (Å²) in [5, 5.41) is 3.41. The van der Waals surface area contributed by atoms with Crippen LogP contribution in [0.3, 0.4) is 0 Å². The Kier molecular flexibility index (Phi) is 5.33. The van der Waals surface area contributed by atoms with Gasteiger partial charge in [0.05, 0.1) is 5.69 Å². The van der Waals surface area contributed by atoms with Crippen LogP contribution >= 0.6 is 0 Å². The molecular weight excluding hydrogens is 378 g/mol. The van der Waals surface area contributed by atoms with Crippen LogP contribution < -0.4 is 5.32 Å². The van der Waals surface area contributed by atoms with Crippen molar-refractivity contribution in [3.63, 3.8) is 0 Å². The maximum atomic E-state index is 4.77. The number of fused-ring (bicyclic) bond motifs is 1. The van der Waals surface area contributed by atoms with Gasteiger partial charge < -0.3 is 9.88 Å². The van der Waals surface area contributed by atoms with Gasteiger partial charge in [0, 0.05) is 29.7 Å². The highest BCUT2D eigenvalue weighted by Gasteiger charge is 2.19. The van der Waals surface area contributed by atoms with Gasteiger partial charge in [-0.2, -0.15) is 0 Å². The summed E-state index contributed by atoms with van der Waals surface area (Å²) in [7, 11) is 2.02. The number of hydrogen-bond donors (Lipinski definition) is 1. The van der Waals surface area contributed by atoms with Gasteiger partial charge in [0.15, 0.2) is 0 Å². The highest BCUT2D eigenvalue weighted by molar-refractivity contribution is 5.81. The third-order valence-electron chi connectivity index (χ3n) is 6.27. The Morgan fingerprint density at radius 2 is 1.74 bits per heavy atom. The zero-order valence-corrected chi connectivity index (χ0v) is 18.4. The molecule has 0 bridgehead atoms. The van der Waals surface area contributed by atoms with Gasteiger partial charge in [-0.1, -0.05) is 48.6 Å². The molecule has 31 heavy (non-hydrogen) atoms. The van der Waals surface area contributed by atoms with Crippen molar-refractivity contribution in [2.24, 2.45) is 0 Å². The summed E-state index contributed by atoms with van der Waals surface area (Å²) in [6.45, 7) is 2.08. The third kappa shape index (κ3) is 3.88. The first kappa shape index (κ1) is 19.6. The molecule has 0 saturated heterocycles. The van der Waals surface area contributed by atoms with Gasteiger partial charge in [-0.05, 0) is 80.0 Å². The molecule has 0 aliphatic heterocycles. The van der Waals surface area contributed by atoms with Crippen LogP contribution in [0.25, 0.3) is 22.5 Å². The zero-order chi connectivity index (χ0) is 21.2. The summed E-state index contributed by atoms with van der Waals surface area (Å²) in [6.07, 6.45) is 15.0. The SMILES string of the molecule is CNc1cc2c(n1C1=CCC=C(c3cc(C)nc(-c4ccccc4)c3)C=C1)CCCC2. The van der Waals surface area contributed by atoms with Gasteiger partial charge in [0.25, 0.3) is 0 Å². The van der Waals surface area contributed by atoms with E-state index in [1.165, 1.54) is 53.2 Å². The van der Waals surface area contributed by atoms with Crippen molar-refractivity contribution in [2.45, 2.75) is 39.0 Å². The standard InChI is InChI=1S/C28H29N3/c1-20-17-24(18-26(30-20)22-9-4-3-5-10-22)21-12-8-13-25(16-15-21)31-27-14-7-6-11-23(27)19-28(31)29-2/h3-5,9-10,12-13,15-19,29H,6-8,11,14H2,1-2H3. The first-order valence-electron chi connectivity index (χ1n) is 11.3. The Bertz CT molecular complexity index is 1190. The molecule has 0 amide bonds. The lowest BCUT2D eigenvalue weighted by Gasteiger charge is -2.17. The maximum absolute atomic E-state index is 4.77. The molecule has 2 heterocycles. The van der Waals surface area contributed by atoms with E-state index >= 15 is 0 Å². The summed E-state index contributed by atoms with van der Waals surface area (Å²) in [5.41, 5.74) is 9.93. The third-order valence-corrected chi connectivity index (χ3v) is 6.27. The van der Waals surface area contributed by atoms with Crippen LogP contribution in [0, 0.1) is 6.92 Å². The van der Waals surface area contributed by atoms with Crippen LogP contribution in [-0.4, -0.2) is 16.6 Å². The quantitative estimate of drug-likeness (QED) is 0.524. The topological polar surface area (TPSA) is 29.9 Å². The van der Waals surface area contributed by atoms with Gasteiger partial charge in [-0.15, -0.1) is 0 Å². The number of hydrogen-bond acceptors (Lipinski definition) is 2. The van der Waals surface area contributed by atoms with Crippen LogP contribution in [0.15, 0.2) is 72.8 Å². The Hall–Kier alpha value is -3.33. The Morgan fingerprint density at radius 3 is 2.58 bits per heavy atom. The molecule has 3 nitrogen and oxygen atoms in total. The second-order valence-electron chi connectivity index (χ2n) is 8.40. The van der Waals surface area contributed by atoms with Crippen LogP contribution in [0.4, 0.5) is 5.82 Å². The van der Waals surface area contributed by atoms with Crippen LogP contribution in [0.2, 0.25) is 0 Å². The Labute approximate surface area is 184 Å². The number of aryl methyl sites for hydroxylation is 2. The number of aromatic nitrogens is 2. The largest absolute Gasteiger partial charge is 0.374 e. The van der Waals surface area contributed by atoms with Crippen molar-refractivity contribution >= 4 is 17.1 Å². The van der Waals surface area contributed by atoms with E-state index in [9.17, 15) is 0 Å². The zero-order valence-electron chi connectivity index (χ0n) is 18.4. The highest BCUT2D eigenvalue weighted by Crippen LogP contribution is 2.33. The lowest BCUT2D eigenvalue weighted by atomic mass is 9.98. The lowest BCUT2D eigenvalue weighted by Crippen LogP contribution is -2.09. The van der Waals surface area contributed by atoms with Crippen molar-refractivity contribution in [3.05, 3.63) is 95.3 Å². The molecule has 0 unspecified atom stereocenters. The minimum absolute atomic E-state index is 0.913. The first-order valence-corrected chi connectivity index (χ1v) is 11.3. The van der Waals surface area contributed by atoms with Crippen LogP contribution in [0.5, 0.6) is 0 Å². The summed E-state index contributed by atoms with van der Waals surface area (Å²) in [6, 6.07) is 17.1. The summed E-state index contributed by atoms with van der Waals surface area (Å²) in [4.78, 5) is 4.77. The van der Waals surface area contributed by atoms with E-state index in [2.05, 4.69) is 83.6 Å². The second kappa shape index (κ2) is 8.43. The molecule has 3 heteroatoms. The minimum Gasteiger partial charge on any atom is -0.374 e. The fourth-order valence-corrected chi connectivity index (χ4v) is 4.77. The molecule has 5 rings (SSSR count). The normalized spacial score (nSPS) is 15.7. The Morgan fingerprint density at radius 1 is 0.903 bits per heavy atom. The molecule has 0 saturated carbocycles. The van der Waals surface area contributed by atoms with Crippen molar-refractivity contribution in [2.75, 3.05) is 12.4 Å². The van der Waals surface area contributed by atoms with E-state index in [0.29, 0.717) is 0 Å². The van der Waals surface area contributed by atoms with E-state index in [1.807, 2.05) is 13.1 Å². The molecule has 2 aliphatic carbocycles. The molecule has 0 radical (unpaired) electrons. The fraction of sp³-hybridized carbons (Fsp3) is 0.250. The van der Waals surface area contributed by atoms with Gasteiger partial charge >= 0.3 is 0 Å². The van der Waals surface area contributed by atoms with E-state index in [4.69, 9.17) is 4.98 Å². The lowest BCUT2D eigenvalue weighted by molar-refractivity contribution is 0.666. The number of nitrogens with zero attached hydrogens (tertiary/aromatic N) is 2. The molecular formula is C28H29N3. The molecule has 0 fully saturated rings. The molecule has 2 aromatic heterocycles. The number of nitrogens with one attached hydrogen (secondary N) is 1. The fourth-order valence-electron chi connectivity index (χ4n) is 4.77. The number of pyridine rings is 1. The molecule has 0 atom stereocenters. The molecule has 1 N–H and O–H groups in total. The highest BCUT2D eigenvalue weighted by atomic mass is 15.1. The van der Waals surface area contributed by atoms with Crippen molar-refractivity contribution in [3.8, 4) is 11.3 Å². The van der Waals surface area contributed by atoms with Gasteiger partial charge in [-0.25, -0.2) is 0 Å². The first-order chi connectivity index (χ1) is 15.2. The minimum atomic E-state index is 0.913. The predicted molar refractivity (Wildman–Crippen MR) is 131 cm³/mol. The van der Waals surface area contributed by atoms with Crippen molar-refractivity contribution in [1.82, 2.24) is 9.55 Å².